The van der Waals surface area contributed by atoms with Gasteiger partial charge < -0.3 is 5.32 Å². The molecule has 1 heterocycles. The Labute approximate surface area is 127 Å². The molecule has 0 aliphatic carbocycles. The predicted molar refractivity (Wildman–Crippen MR) is 86.3 cm³/mol. The molecule has 3 nitrogen and oxygen atoms in total. The molecule has 0 atom stereocenters. The Morgan fingerprint density at radius 3 is 2.70 bits per heavy atom. The number of rotatable bonds is 7. The van der Waals surface area contributed by atoms with Gasteiger partial charge in [-0.05, 0) is 25.0 Å². The summed E-state index contributed by atoms with van der Waals surface area (Å²) in [5.41, 5.74) is 1.35. The Kier molecular flexibility index (Phi) is 5.99. The first-order valence-electron chi connectivity index (χ1n) is 7.01. The largest absolute Gasteiger partial charge is 0.351 e. The molecule has 1 aromatic heterocycles. The first kappa shape index (κ1) is 15.0. The van der Waals surface area contributed by atoms with Crippen LogP contribution in [0.1, 0.15) is 36.2 Å². The van der Waals surface area contributed by atoms with Crippen molar-refractivity contribution >= 4 is 32.7 Å². The van der Waals surface area contributed by atoms with Crippen molar-refractivity contribution < 1.29 is 4.79 Å². The van der Waals surface area contributed by atoms with Crippen LogP contribution in [0.15, 0.2) is 36.4 Å². The summed E-state index contributed by atoms with van der Waals surface area (Å²) in [5.74, 6) is -0.0868. The second-order valence-corrected chi connectivity index (χ2v) is 5.54. The number of pyridine rings is 1. The van der Waals surface area contributed by atoms with E-state index in [1.54, 1.807) is 6.07 Å². The quantitative estimate of drug-likeness (QED) is 0.615. The van der Waals surface area contributed by atoms with Gasteiger partial charge in [0.1, 0.15) is 5.69 Å². The van der Waals surface area contributed by atoms with Crippen LogP contribution in [0, 0.1) is 0 Å². The van der Waals surface area contributed by atoms with Crippen LogP contribution in [-0.2, 0) is 0 Å². The average molecular weight is 335 g/mol. The second kappa shape index (κ2) is 8.00. The van der Waals surface area contributed by atoms with Crippen molar-refractivity contribution in [3.63, 3.8) is 0 Å². The van der Waals surface area contributed by atoms with Gasteiger partial charge in [0.25, 0.3) is 5.91 Å². The third kappa shape index (κ3) is 4.30. The minimum atomic E-state index is -0.0868. The Morgan fingerprint density at radius 1 is 1.05 bits per heavy atom. The normalized spacial score (nSPS) is 10.7. The molecule has 0 fully saturated rings. The summed E-state index contributed by atoms with van der Waals surface area (Å²) in [5, 5.41) is 5.04. The summed E-state index contributed by atoms with van der Waals surface area (Å²) in [4.78, 5) is 16.4. The number of nitrogens with zero attached hydrogens (tertiary/aromatic N) is 1. The highest BCUT2D eigenvalue weighted by Crippen LogP contribution is 2.11. The number of hydrogen-bond acceptors (Lipinski definition) is 2. The number of fused-ring (bicyclic) bond motifs is 1. The number of nitrogens with one attached hydrogen (secondary N) is 1. The maximum Gasteiger partial charge on any atom is 0.269 e. The van der Waals surface area contributed by atoms with Gasteiger partial charge in [-0.25, -0.2) is 4.98 Å². The molecule has 0 unspecified atom stereocenters. The topological polar surface area (TPSA) is 42.0 Å². The van der Waals surface area contributed by atoms with E-state index < -0.39 is 0 Å². The molecule has 20 heavy (non-hydrogen) atoms. The van der Waals surface area contributed by atoms with Crippen molar-refractivity contribution in [3.8, 4) is 0 Å². The molecule has 4 heteroatoms. The first-order valence-corrected chi connectivity index (χ1v) is 8.13. The Bertz CT molecular complexity index is 571. The highest BCUT2D eigenvalue weighted by molar-refractivity contribution is 9.09. The maximum atomic E-state index is 12.0. The van der Waals surface area contributed by atoms with Crippen LogP contribution in [-0.4, -0.2) is 22.8 Å². The van der Waals surface area contributed by atoms with E-state index in [0.29, 0.717) is 5.69 Å². The molecule has 0 saturated carbocycles. The fraction of sp³-hybridized carbons (Fsp3) is 0.375. The Morgan fingerprint density at radius 2 is 1.85 bits per heavy atom. The molecule has 0 aliphatic rings. The Balaban J connectivity index is 1.84. The SMILES string of the molecule is O=C(NCCCCCCBr)c1ccc2ccccc2n1. The number of carbonyl (C=O) groups excluding carboxylic acids is 1. The van der Waals surface area contributed by atoms with E-state index in [2.05, 4.69) is 26.2 Å². The zero-order valence-electron chi connectivity index (χ0n) is 11.4. The van der Waals surface area contributed by atoms with Gasteiger partial charge in [-0.2, -0.15) is 0 Å². The van der Waals surface area contributed by atoms with Gasteiger partial charge >= 0.3 is 0 Å². The summed E-state index contributed by atoms with van der Waals surface area (Å²) in [6.45, 7) is 0.718. The highest BCUT2D eigenvalue weighted by atomic mass is 79.9. The first-order chi connectivity index (χ1) is 9.81. The standard InChI is InChI=1S/C16H19BrN2O/c17-11-5-1-2-6-12-18-16(20)15-10-9-13-7-3-4-8-14(13)19-15/h3-4,7-10H,1-2,5-6,11-12H2,(H,18,20). The van der Waals surface area contributed by atoms with E-state index in [9.17, 15) is 4.79 Å². The van der Waals surface area contributed by atoms with Crippen LogP contribution < -0.4 is 5.32 Å². The number of alkyl halides is 1. The number of para-hydroxylation sites is 1. The van der Waals surface area contributed by atoms with Crippen LogP contribution >= 0.6 is 15.9 Å². The second-order valence-electron chi connectivity index (χ2n) is 4.75. The molecule has 1 amide bonds. The third-order valence-electron chi connectivity index (χ3n) is 3.18. The van der Waals surface area contributed by atoms with E-state index in [4.69, 9.17) is 0 Å². The number of benzene rings is 1. The van der Waals surface area contributed by atoms with E-state index in [-0.39, 0.29) is 5.91 Å². The summed E-state index contributed by atoms with van der Waals surface area (Å²) < 4.78 is 0. The van der Waals surface area contributed by atoms with Crippen LogP contribution in [0.5, 0.6) is 0 Å². The molecule has 0 bridgehead atoms. The van der Waals surface area contributed by atoms with Crippen LogP contribution in [0.3, 0.4) is 0 Å². The van der Waals surface area contributed by atoms with Crippen molar-refractivity contribution in [1.82, 2.24) is 10.3 Å². The lowest BCUT2D eigenvalue weighted by atomic mass is 10.2. The molecular weight excluding hydrogens is 316 g/mol. The fourth-order valence-electron chi connectivity index (χ4n) is 2.06. The number of unbranched alkanes of at least 4 members (excludes halogenated alkanes) is 3. The molecule has 0 aliphatic heterocycles. The van der Waals surface area contributed by atoms with Gasteiger partial charge in [-0.15, -0.1) is 0 Å². The molecule has 106 valence electrons. The summed E-state index contributed by atoms with van der Waals surface area (Å²) in [7, 11) is 0. The van der Waals surface area contributed by atoms with Crippen molar-refractivity contribution in [2.75, 3.05) is 11.9 Å². The lowest BCUT2D eigenvalue weighted by Crippen LogP contribution is -2.25. The van der Waals surface area contributed by atoms with Gasteiger partial charge in [0.2, 0.25) is 0 Å². The molecule has 0 radical (unpaired) electrons. The summed E-state index contributed by atoms with van der Waals surface area (Å²) >= 11 is 3.41. The molecule has 0 spiro atoms. The summed E-state index contributed by atoms with van der Waals surface area (Å²) in [6, 6.07) is 11.5. The van der Waals surface area contributed by atoms with E-state index in [0.717, 1.165) is 35.6 Å². The van der Waals surface area contributed by atoms with Crippen molar-refractivity contribution in [3.05, 3.63) is 42.1 Å². The van der Waals surface area contributed by atoms with Crippen molar-refractivity contribution in [2.45, 2.75) is 25.7 Å². The highest BCUT2D eigenvalue weighted by Gasteiger charge is 2.06. The van der Waals surface area contributed by atoms with Crippen LogP contribution in [0.2, 0.25) is 0 Å². The van der Waals surface area contributed by atoms with Crippen LogP contribution in [0.4, 0.5) is 0 Å². The molecule has 1 aromatic carbocycles. The smallest absolute Gasteiger partial charge is 0.269 e. The minimum Gasteiger partial charge on any atom is -0.351 e. The Hall–Kier alpha value is -1.42. The lowest BCUT2D eigenvalue weighted by Gasteiger charge is -2.05. The monoisotopic (exact) mass is 334 g/mol. The molecule has 2 rings (SSSR count). The number of amides is 1. The van der Waals surface area contributed by atoms with Gasteiger partial charge in [0, 0.05) is 17.3 Å². The third-order valence-corrected chi connectivity index (χ3v) is 3.74. The van der Waals surface area contributed by atoms with E-state index in [1.807, 2.05) is 30.3 Å². The number of hydrogen-bond donors (Lipinski definition) is 1. The van der Waals surface area contributed by atoms with Crippen molar-refractivity contribution in [1.29, 1.82) is 0 Å². The van der Waals surface area contributed by atoms with E-state index >= 15 is 0 Å². The van der Waals surface area contributed by atoms with Gasteiger partial charge in [0.15, 0.2) is 0 Å². The molecule has 2 aromatic rings. The number of carbonyl (C=O) groups is 1. The van der Waals surface area contributed by atoms with E-state index in [1.165, 1.54) is 12.8 Å². The molecule has 1 N–H and O–H groups in total. The van der Waals surface area contributed by atoms with Gasteiger partial charge in [-0.1, -0.05) is 53.0 Å². The fourth-order valence-corrected chi connectivity index (χ4v) is 2.45. The zero-order chi connectivity index (χ0) is 14.2. The average Bonchev–Trinajstić information content (AvgIpc) is 2.50. The number of halogens is 1. The number of aromatic nitrogens is 1. The van der Waals surface area contributed by atoms with Crippen LogP contribution in [0.25, 0.3) is 10.9 Å². The predicted octanol–water partition coefficient (Wildman–Crippen LogP) is 3.92. The van der Waals surface area contributed by atoms with Gasteiger partial charge in [-0.3, -0.25) is 4.79 Å². The maximum absolute atomic E-state index is 12.0. The molecular formula is C16H19BrN2O. The summed E-state index contributed by atoms with van der Waals surface area (Å²) in [6.07, 6.45) is 4.57. The minimum absolute atomic E-state index is 0.0868. The van der Waals surface area contributed by atoms with Crippen molar-refractivity contribution in [2.24, 2.45) is 0 Å². The zero-order valence-corrected chi connectivity index (χ0v) is 13.0. The molecule has 0 saturated heterocycles. The van der Waals surface area contributed by atoms with Gasteiger partial charge in [0.05, 0.1) is 5.52 Å². The lowest BCUT2D eigenvalue weighted by molar-refractivity contribution is 0.0948.